The molecular weight excluding hydrogens is 480 g/mol. The molecule has 1 N–H and O–H groups in total. The zero-order valence-electron chi connectivity index (χ0n) is 21.0. The summed E-state index contributed by atoms with van der Waals surface area (Å²) in [5.74, 6) is -0.912. The molecule has 1 amide bonds. The van der Waals surface area contributed by atoms with Crippen molar-refractivity contribution in [3.05, 3.63) is 120 Å². The molecule has 1 aliphatic rings. The topological polar surface area (TPSA) is 97.6 Å². The molecule has 1 aliphatic heterocycles. The number of rotatable bonds is 9. The van der Waals surface area contributed by atoms with Crippen LogP contribution in [-0.4, -0.2) is 42.8 Å². The number of aryl methyl sites for hydroxylation is 2. The lowest BCUT2D eigenvalue weighted by Gasteiger charge is -2.25. The number of pyridine rings is 1. The molecule has 1 atom stereocenters. The predicted octanol–water partition coefficient (Wildman–Crippen LogP) is 4.68. The summed E-state index contributed by atoms with van der Waals surface area (Å²) in [6.45, 7) is 3.44. The van der Waals surface area contributed by atoms with Gasteiger partial charge in [-0.2, -0.15) is 0 Å². The zero-order chi connectivity index (χ0) is 26.5. The number of nitrogens with zero attached hydrogens (tertiary/aromatic N) is 4. The Bertz CT molecular complexity index is 1450. The van der Waals surface area contributed by atoms with Crippen molar-refractivity contribution >= 4 is 17.4 Å². The standard InChI is InChI=1S/C30H28N4O4/c1-21-4-2-5-22(18-21)19-38-25-8-6-24(7-9-25)28(35)26-27(23-10-12-31-13-11-23)34(30(37)29(26)36)16-3-15-33-17-14-32-20-33/h2,4-14,17-18,20,27,35H,3,15-16,19H2,1H3/b28-26-. The molecule has 3 heterocycles. The first-order valence-corrected chi connectivity index (χ1v) is 12.4. The Morgan fingerprint density at radius 2 is 1.76 bits per heavy atom. The molecule has 0 spiro atoms. The fraction of sp³-hybridized carbons (Fsp3) is 0.200. The largest absolute Gasteiger partial charge is 0.507 e. The SMILES string of the molecule is Cc1cccc(COc2ccc(/C(O)=C3/C(=O)C(=O)N(CCCn4ccnc4)C3c3ccncc3)cc2)c1. The molecule has 8 nitrogen and oxygen atoms in total. The smallest absolute Gasteiger partial charge is 0.295 e. The van der Waals surface area contributed by atoms with E-state index in [2.05, 4.69) is 16.0 Å². The summed E-state index contributed by atoms with van der Waals surface area (Å²) in [5.41, 5.74) is 3.43. The van der Waals surface area contributed by atoms with E-state index in [1.165, 1.54) is 4.90 Å². The number of aliphatic hydroxyl groups excluding tert-OH is 1. The quantitative estimate of drug-likeness (QED) is 0.200. The van der Waals surface area contributed by atoms with Gasteiger partial charge in [0, 0.05) is 43.4 Å². The highest BCUT2D eigenvalue weighted by molar-refractivity contribution is 6.46. The van der Waals surface area contributed by atoms with Gasteiger partial charge in [-0.05, 0) is 60.9 Å². The number of hydrogen-bond donors (Lipinski definition) is 1. The second-order valence-corrected chi connectivity index (χ2v) is 9.23. The van der Waals surface area contributed by atoms with Gasteiger partial charge in [0.15, 0.2) is 0 Å². The van der Waals surface area contributed by atoms with Gasteiger partial charge in [-0.1, -0.05) is 29.8 Å². The summed E-state index contributed by atoms with van der Waals surface area (Å²) in [6.07, 6.45) is 9.11. The molecule has 0 saturated carbocycles. The van der Waals surface area contributed by atoms with Crippen molar-refractivity contribution in [2.45, 2.75) is 32.5 Å². The van der Waals surface area contributed by atoms with Gasteiger partial charge in [-0.25, -0.2) is 4.98 Å². The molecule has 5 rings (SSSR count). The molecule has 1 unspecified atom stereocenters. The minimum absolute atomic E-state index is 0.0669. The van der Waals surface area contributed by atoms with E-state index in [1.807, 2.05) is 35.9 Å². The summed E-state index contributed by atoms with van der Waals surface area (Å²) in [4.78, 5) is 35.9. The van der Waals surface area contributed by atoms with Crippen LogP contribution in [0.15, 0.2) is 97.4 Å². The third kappa shape index (κ3) is 5.34. The number of likely N-dealkylation sites (tertiary alicyclic amines) is 1. The maximum Gasteiger partial charge on any atom is 0.295 e. The summed E-state index contributed by atoms with van der Waals surface area (Å²) >= 11 is 0. The third-order valence-electron chi connectivity index (χ3n) is 6.55. The molecule has 8 heteroatoms. The molecular formula is C30H28N4O4. The number of hydrogen-bond acceptors (Lipinski definition) is 6. The van der Waals surface area contributed by atoms with E-state index in [0.717, 1.165) is 11.1 Å². The van der Waals surface area contributed by atoms with Crippen LogP contribution in [-0.2, 0) is 22.7 Å². The lowest BCUT2D eigenvalue weighted by molar-refractivity contribution is -0.139. The van der Waals surface area contributed by atoms with Crippen LogP contribution in [0.3, 0.4) is 0 Å². The molecule has 0 aliphatic carbocycles. The van der Waals surface area contributed by atoms with Crippen molar-refractivity contribution in [1.82, 2.24) is 19.4 Å². The molecule has 1 fully saturated rings. The van der Waals surface area contributed by atoms with Crippen LogP contribution in [0.2, 0.25) is 0 Å². The van der Waals surface area contributed by atoms with Gasteiger partial charge in [0.2, 0.25) is 0 Å². The third-order valence-corrected chi connectivity index (χ3v) is 6.55. The van der Waals surface area contributed by atoms with Gasteiger partial charge >= 0.3 is 0 Å². The predicted molar refractivity (Wildman–Crippen MR) is 142 cm³/mol. The van der Waals surface area contributed by atoms with Gasteiger partial charge in [0.05, 0.1) is 17.9 Å². The minimum Gasteiger partial charge on any atom is -0.507 e. The Morgan fingerprint density at radius 3 is 2.47 bits per heavy atom. The van der Waals surface area contributed by atoms with Crippen molar-refractivity contribution in [2.75, 3.05) is 6.54 Å². The first-order valence-electron chi connectivity index (χ1n) is 12.4. The second kappa shape index (κ2) is 11.1. The highest BCUT2D eigenvalue weighted by Crippen LogP contribution is 2.39. The first kappa shape index (κ1) is 25.0. The number of imidazole rings is 1. The Hall–Kier alpha value is -4.72. The van der Waals surface area contributed by atoms with Crippen LogP contribution in [0.5, 0.6) is 5.75 Å². The van der Waals surface area contributed by atoms with Crippen LogP contribution in [0.1, 0.15) is 34.7 Å². The maximum atomic E-state index is 13.2. The fourth-order valence-corrected chi connectivity index (χ4v) is 4.68. The van der Waals surface area contributed by atoms with E-state index >= 15 is 0 Å². The van der Waals surface area contributed by atoms with Gasteiger partial charge in [-0.3, -0.25) is 14.6 Å². The molecule has 4 aromatic rings. The Kier molecular flexibility index (Phi) is 7.31. The highest BCUT2D eigenvalue weighted by Gasteiger charge is 2.45. The monoisotopic (exact) mass is 508 g/mol. The molecule has 192 valence electrons. The van der Waals surface area contributed by atoms with Gasteiger partial charge in [0.1, 0.15) is 18.1 Å². The molecule has 2 aromatic carbocycles. The summed E-state index contributed by atoms with van der Waals surface area (Å²) in [7, 11) is 0. The number of Topliss-reactive ketones (excluding diaryl/α,β-unsaturated/α-hetero) is 1. The molecule has 0 radical (unpaired) electrons. The number of amides is 1. The summed E-state index contributed by atoms with van der Waals surface area (Å²) in [6, 6.07) is 17.8. The van der Waals surface area contributed by atoms with E-state index in [9.17, 15) is 14.7 Å². The number of carbonyl (C=O) groups excluding carboxylic acids is 2. The Labute approximate surface area is 220 Å². The van der Waals surface area contributed by atoms with Crippen molar-refractivity contribution in [2.24, 2.45) is 0 Å². The van der Waals surface area contributed by atoms with E-state index in [1.54, 1.807) is 61.3 Å². The molecule has 2 aromatic heterocycles. The average molecular weight is 509 g/mol. The normalized spacial score (nSPS) is 16.7. The van der Waals surface area contributed by atoms with E-state index in [-0.39, 0.29) is 11.3 Å². The number of ether oxygens (including phenoxy) is 1. The highest BCUT2D eigenvalue weighted by atomic mass is 16.5. The van der Waals surface area contributed by atoms with E-state index in [4.69, 9.17) is 4.74 Å². The van der Waals surface area contributed by atoms with Crippen molar-refractivity contribution in [3.63, 3.8) is 0 Å². The molecule has 0 bridgehead atoms. The second-order valence-electron chi connectivity index (χ2n) is 9.23. The van der Waals surface area contributed by atoms with Crippen molar-refractivity contribution < 1.29 is 19.4 Å². The van der Waals surface area contributed by atoms with Crippen molar-refractivity contribution in [3.8, 4) is 5.75 Å². The number of aliphatic hydroxyl groups is 1. The lowest BCUT2D eigenvalue weighted by atomic mass is 9.96. The van der Waals surface area contributed by atoms with Gasteiger partial charge < -0.3 is 19.3 Å². The average Bonchev–Trinajstić information content (AvgIpc) is 3.55. The summed E-state index contributed by atoms with van der Waals surface area (Å²) in [5, 5.41) is 11.3. The summed E-state index contributed by atoms with van der Waals surface area (Å²) < 4.78 is 7.80. The number of ketones is 1. The Balaban J connectivity index is 1.39. The zero-order valence-corrected chi connectivity index (χ0v) is 21.0. The van der Waals surface area contributed by atoms with Crippen LogP contribution >= 0.6 is 0 Å². The number of aromatic nitrogens is 3. The van der Waals surface area contributed by atoms with E-state index in [0.29, 0.717) is 43.0 Å². The Morgan fingerprint density at radius 1 is 0.974 bits per heavy atom. The maximum absolute atomic E-state index is 13.2. The van der Waals surface area contributed by atoms with E-state index < -0.39 is 17.7 Å². The minimum atomic E-state index is -0.710. The van der Waals surface area contributed by atoms with Crippen molar-refractivity contribution in [1.29, 1.82) is 0 Å². The fourth-order valence-electron chi connectivity index (χ4n) is 4.68. The van der Waals surface area contributed by atoms with Gasteiger partial charge in [-0.15, -0.1) is 0 Å². The first-order chi connectivity index (χ1) is 18.5. The van der Waals surface area contributed by atoms with Crippen LogP contribution in [0, 0.1) is 6.92 Å². The van der Waals surface area contributed by atoms with Crippen LogP contribution < -0.4 is 4.74 Å². The molecule has 1 saturated heterocycles. The van der Waals surface area contributed by atoms with Gasteiger partial charge in [0.25, 0.3) is 11.7 Å². The molecule has 38 heavy (non-hydrogen) atoms. The number of benzene rings is 2. The van der Waals surface area contributed by atoms with Crippen LogP contribution in [0.25, 0.3) is 5.76 Å². The lowest BCUT2D eigenvalue weighted by Crippen LogP contribution is -2.31. The van der Waals surface area contributed by atoms with Crippen LogP contribution in [0.4, 0.5) is 0 Å². The number of carbonyl (C=O) groups is 2.